The lowest BCUT2D eigenvalue weighted by molar-refractivity contribution is -0.136. The molecule has 1 aromatic carbocycles. The van der Waals surface area contributed by atoms with Gasteiger partial charge in [0.2, 0.25) is 5.91 Å². The van der Waals surface area contributed by atoms with Crippen molar-refractivity contribution in [1.29, 1.82) is 5.26 Å². The molecule has 2 atom stereocenters. The van der Waals surface area contributed by atoms with E-state index in [1.807, 2.05) is 35.9 Å². The van der Waals surface area contributed by atoms with E-state index in [-0.39, 0.29) is 17.9 Å². The number of nitrogens with zero attached hydrogens (tertiary/aromatic N) is 4. The fourth-order valence-electron chi connectivity index (χ4n) is 3.32. The molecule has 25 heavy (non-hydrogen) atoms. The van der Waals surface area contributed by atoms with Crippen LogP contribution in [0.15, 0.2) is 36.7 Å². The van der Waals surface area contributed by atoms with Crippen molar-refractivity contribution in [1.82, 2.24) is 14.5 Å². The molecule has 3 rings (SSSR count). The van der Waals surface area contributed by atoms with Crippen molar-refractivity contribution in [3.8, 4) is 6.07 Å². The molecule has 0 unspecified atom stereocenters. The molecule has 1 aliphatic heterocycles. The molecule has 130 valence electrons. The van der Waals surface area contributed by atoms with Crippen molar-refractivity contribution in [2.24, 2.45) is 5.92 Å². The molecule has 0 saturated carbocycles. The maximum absolute atomic E-state index is 13.0. The fourth-order valence-corrected chi connectivity index (χ4v) is 3.32. The van der Waals surface area contributed by atoms with Gasteiger partial charge in [-0.25, -0.2) is 4.98 Å². The van der Waals surface area contributed by atoms with Crippen LogP contribution in [0.4, 0.5) is 0 Å². The van der Waals surface area contributed by atoms with Crippen LogP contribution in [0.1, 0.15) is 36.4 Å². The standard InChI is InChI=1S/C19H22N4O2/c1-3-23-9-8-21-18(23)17-16(7-10-25-17)19(24)22(2)13-15-6-4-5-14(11-15)12-20/h4-6,8-9,11,16-17H,3,7,10,13H2,1-2H3/t16-,17-/m1/s1. The molecule has 0 aliphatic carbocycles. The van der Waals surface area contributed by atoms with E-state index >= 15 is 0 Å². The van der Waals surface area contributed by atoms with E-state index in [2.05, 4.69) is 11.1 Å². The first-order chi connectivity index (χ1) is 12.1. The third-order valence-electron chi connectivity index (χ3n) is 4.60. The van der Waals surface area contributed by atoms with Gasteiger partial charge in [-0.2, -0.15) is 5.26 Å². The number of carbonyl (C=O) groups is 1. The Hall–Kier alpha value is -2.65. The summed E-state index contributed by atoms with van der Waals surface area (Å²) in [6.07, 6.45) is 4.06. The minimum absolute atomic E-state index is 0.0514. The van der Waals surface area contributed by atoms with Crippen molar-refractivity contribution in [3.05, 3.63) is 53.6 Å². The summed E-state index contributed by atoms with van der Waals surface area (Å²) in [5.41, 5.74) is 1.55. The number of imidazole rings is 1. The van der Waals surface area contributed by atoms with Crippen LogP contribution in [0, 0.1) is 17.2 Å². The van der Waals surface area contributed by atoms with E-state index in [0.717, 1.165) is 17.9 Å². The first-order valence-corrected chi connectivity index (χ1v) is 8.50. The van der Waals surface area contributed by atoms with E-state index in [9.17, 15) is 4.79 Å². The van der Waals surface area contributed by atoms with Gasteiger partial charge in [-0.3, -0.25) is 4.79 Å². The van der Waals surface area contributed by atoms with Crippen LogP contribution >= 0.6 is 0 Å². The molecular weight excluding hydrogens is 316 g/mol. The van der Waals surface area contributed by atoms with Crippen LogP contribution < -0.4 is 0 Å². The molecule has 6 nitrogen and oxygen atoms in total. The predicted octanol–water partition coefficient (Wildman–Crippen LogP) is 2.51. The zero-order valence-corrected chi connectivity index (χ0v) is 14.6. The molecule has 1 aliphatic rings. The first kappa shape index (κ1) is 17.2. The van der Waals surface area contributed by atoms with E-state index < -0.39 is 0 Å². The van der Waals surface area contributed by atoms with Crippen LogP contribution in [0.2, 0.25) is 0 Å². The highest BCUT2D eigenvalue weighted by Crippen LogP contribution is 2.35. The first-order valence-electron chi connectivity index (χ1n) is 8.50. The average Bonchev–Trinajstić information content (AvgIpc) is 3.29. The summed E-state index contributed by atoms with van der Waals surface area (Å²) >= 11 is 0. The van der Waals surface area contributed by atoms with Crippen molar-refractivity contribution in [3.63, 3.8) is 0 Å². The second-order valence-electron chi connectivity index (χ2n) is 6.26. The minimum Gasteiger partial charge on any atom is -0.369 e. The van der Waals surface area contributed by atoms with E-state index in [1.165, 1.54) is 0 Å². The number of benzene rings is 1. The Labute approximate surface area is 147 Å². The Bertz CT molecular complexity index is 793. The second kappa shape index (κ2) is 7.49. The Balaban J connectivity index is 1.73. The molecule has 1 fully saturated rings. The van der Waals surface area contributed by atoms with Crippen LogP contribution in [-0.2, 0) is 22.6 Å². The van der Waals surface area contributed by atoms with E-state index in [0.29, 0.717) is 25.1 Å². The summed E-state index contributed by atoms with van der Waals surface area (Å²) in [5, 5.41) is 9.01. The second-order valence-corrected chi connectivity index (χ2v) is 6.26. The fraction of sp³-hybridized carbons (Fsp3) is 0.421. The lowest BCUT2D eigenvalue weighted by Gasteiger charge is -2.24. The maximum atomic E-state index is 13.0. The molecule has 0 bridgehead atoms. The zero-order valence-electron chi connectivity index (χ0n) is 14.6. The SMILES string of the molecule is CCn1ccnc1[C@@H]1OCC[C@H]1C(=O)N(C)Cc1cccc(C#N)c1. The molecule has 2 heterocycles. The third-order valence-corrected chi connectivity index (χ3v) is 4.60. The average molecular weight is 338 g/mol. The number of hydrogen-bond donors (Lipinski definition) is 0. The van der Waals surface area contributed by atoms with Gasteiger partial charge < -0.3 is 14.2 Å². The zero-order chi connectivity index (χ0) is 17.8. The van der Waals surface area contributed by atoms with E-state index in [1.54, 1.807) is 24.2 Å². The van der Waals surface area contributed by atoms with Crippen LogP contribution in [0.3, 0.4) is 0 Å². The molecule has 6 heteroatoms. The quantitative estimate of drug-likeness (QED) is 0.840. The Morgan fingerprint density at radius 2 is 2.36 bits per heavy atom. The third kappa shape index (κ3) is 3.57. The molecule has 2 aromatic rings. The summed E-state index contributed by atoms with van der Waals surface area (Å²) in [4.78, 5) is 19.1. The molecule has 1 saturated heterocycles. The van der Waals surface area contributed by atoms with Crippen molar-refractivity contribution in [2.75, 3.05) is 13.7 Å². The number of carbonyl (C=O) groups excluding carboxylic acids is 1. The van der Waals surface area contributed by atoms with Gasteiger partial charge in [0, 0.05) is 39.1 Å². The Morgan fingerprint density at radius 1 is 1.52 bits per heavy atom. The van der Waals surface area contributed by atoms with Gasteiger partial charge in [-0.05, 0) is 31.0 Å². The van der Waals surface area contributed by atoms with Gasteiger partial charge in [0.15, 0.2) is 0 Å². The number of ether oxygens (including phenoxy) is 1. The summed E-state index contributed by atoms with van der Waals surface area (Å²) in [6, 6.07) is 9.47. The Morgan fingerprint density at radius 3 is 3.12 bits per heavy atom. The van der Waals surface area contributed by atoms with Gasteiger partial charge in [0.25, 0.3) is 0 Å². The van der Waals surface area contributed by atoms with Gasteiger partial charge in [-0.1, -0.05) is 12.1 Å². The highest BCUT2D eigenvalue weighted by molar-refractivity contribution is 5.79. The van der Waals surface area contributed by atoms with E-state index in [4.69, 9.17) is 10.00 Å². The van der Waals surface area contributed by atoms with Crippen molar-refractivity contribution < 1.29 is 9.53 Å². The van der Waals surface area contributed by atoms with Gasteiger partial charge >= 0.3 is 0 Å². The smallest absolute Gasteiger partial charge is 0.228 e. The highest BCUT2D eigenvalue weighted by atomic mass is 16.5. The number of rotatable bonds is 5. The molecule has 1 aromatic heterocycles. The molecule has 0 radical (unpaired) electrons. The normalized spacial score (nSPS) is 19.6. The summed E-state index contributed by atoms with van der Waals surface area (Å²) in [5.74, 6) is 0.644. The lowest BCUT2D eigenvalue weighted by Crippen LogP contribution is -2.34. The Kier molecular flexibility index (Phi) is 5.15. The largest absolute Gasteiger partial charge is 0.369 e. The van der Waals surface area contributed by atoms with Crippen LogP contribution in [0.25, 0.3) is 0 Å². The maximum Gasteiger partial charge on any atom is 0.228 e. The van der Waals surface area contributed by atoms with Crippen molar-refractivity contribution >= 4 is 5.91 Å². The highest BCUT2D eigenvalue weighted by Gasteiger charge is 2.39. The molecule has 1 amide bonds. The monoisotopic (exact) mass is 338 g/mol. The summed E-state index contributed by atoms with van der Waals surface area (Å²) in [7, 11) is 1.79. The number of aryl methyl sites for hydroxylation is 1. The number of aromatic nitrogens is 2. The molecule has 0 spiro atoms. The van der Waals surface area contributed by atoms with Crippen LogP contribution in [-0.4, -0.2) is 34.0 Å². The predicted molar refractivity (Wildman–Crippen MR) is 92.3 cm³/mol. The lowest BCUT2D eigenvalue weighted by atomic mass is 9.98. The number of nitriles is 1. The van der Waals surface area contributed by atoms with Gasteiger partial charge in [0.05, 0.1) is 17.6 Å². The summed E-state index contributed by atoms with van der Waals surface area (Å²) < 4.78 is 7.86. The van der Waals surface area contributed by atoms with Gasteiger partial charge in [0.1, 0.15) is 11.9 Å². The molecular formula is C19H22N4O2. The topological polar surface area (TPSA) is 71.2 Å². The van der Waals surface area contributed by atoms with Crippen molar-refractivity contribution in [2.45, 2.75) is 32.5 Å². The molecule has 0 N–H and O–H groups in total. The number of hydrogen-bond acceptors (Lipinski definition) is 4. The minimum atomic E-state index is -0.296. The number of amides is 1. The van der Waals surface area contributed by atoms with Gasteiger partial charge in [-0.15, -0.1) is 0 Å². The van der Waals surface area contributed by atoms with Crippen LogP contribution in [0.5, 0.6) is 0 Å². The summed E-state index contributed by atoms with van der Waals surface area (Å²) in [6.45, 7) is 3.88.